The fourth-order valence-electron chi connectivity index (χ4n) is 3.48. The van der Waals surface area contributed by atoms with Crippen LogP contribution in [0.25, 0.3) is 0 Å². The minimum atomic E-state index is -0.243. The predicted molar refractivity (Wildman–Crippen MR) is 128 cm³/mol. The highest BCUT2D eigenvalue weighted by Crippen LogP contribution is 2.27. The summed E-state index contributed by atoms with van der Waals surface area (Å²) in [4.78, 5) is 28.3. The van der Waals surface area contributed by atoms with E-state index in [2.05, 4.69) is 30.4 Å². The van der Waals surface area contributed by atoms with Gasteiger partial charge in [-0.25, -0.2) is 0 Å². The number of nitrogens with zero attached hydrogens (tertiary/aromatic N) is 2. The molecule has 0 spiro atoms. The molecule has 0 aliphatic carbocycles. The molecule has 1 N–H and O–H groups in total. The Morgan fingerprint density at radius 3 is 2.41 bits per heavy atom. The molecule has 3 aromatic rings. The first kappa shape index (κ1) is 23.2. The van der Waals surface area contributed by atoms with Crippen molar-refractivity contribution in [1.29, 1.82) is 5.26 Å². The second-order valence-electron chi connectivity index (χ2n) is 7.40. The van der Waals surface area contributed by atoms with E-state index in [9.17, 15) is 9.59 Å². The molecule has 1 aromatic heterocycles. The van der Waals surface area contributed by atoms with Gasteiger partial charge < -0.3 is 10.2 Å². The fraction of sp³-hybridized carbons (Fsp3) is 0.269. The van der Waals surface area contributed by atoms with Crippen molar-refractivity contribution in [2.24, 2.45) is 0 Å². The fourth-order valence-corrected chi connectivity index (χ4v) is 4.28. The summed E-state index contributed by atoms with van der Waals surface area (Å²) >= 11 is 1.59. The van der Waals surface area contributed by atoms with Gasteiger partial charge >= 0.3 is 0 Å². The van der Waals surface area contributed by atoms with E-state index < -0.39 is 0 Å². The van der Waals surface area contributed by atoms with E-state index in [1.54, 1.807) is 16.2 Å². The zero-order chi connectivity index (χ0) is 22.8. The Morgan fingerprint density at radius 1 is 1.03 bits per heavy atom. The molecule has 0 bridgehead atoms. The molecule has 1 heterocycles. The number of carbonyl (C=O) groups excluding carboxylic acids is 2. The van der Waals surface area contributed by atoms with Crippen LogP contribution in [0.1, 0.15) is 48.2 Å². The predicted octanol–water partition coefficient (Wildman–Crippen LogP) is 5.24. The van der Waals surface area contributed by atoms with Gasteiger partial charge in [0.15, 0.2) is 0 Å². The summed E-state index contributed by atoms with van der Waals surface area (Å²) in [5, 5.41) is 14.0. The van der Waals surface area contributed by atoms with Gasteiger partial charge in [0.2, 0.25) is 11.8 Å². The molecule has 164 valence electrons. The van der Waals surface area contributed by atoms with Gasteiger partial charge in [-0.1, -0.05) is 55.5 Å². The number of benzene rings is 2. The number of aryl methyl sites for hydroxylation is 1. The minimum Gasteiger partial charge on any atom is -0.344 e. The van der Waals surface area contributed by atoms with E-state index in [4.69, 9.17) is 5.26 Å². The van der Waals surface area contributed by atoms with Gasteiger partial charge in [-0.05, 0) is 41.1 Å². The molecule has 1 atom stereocenters. The van der Waals surface area contributed by atoms with Crippen LogP contribution in [-0.4, -0.2) is 18.4 Å². The monoisotopic (exact) mass is 445 g/mol. The molecule has 0 fully saturated rings. The van der Waals surface area contributed by atoms with Crippen LogP contribution >= 0.6 is 11.3 Å². The van der Waals surface area contributed by atoms with Crippen molar-refractivity contribution in [3.63, 3.8) is 0 Å². The summed E-state index contributed by atoms with van der Waals surface area (Å²) in [5.41, 5.74) is 3.00. The van der Waals surface area contributed by atoms with Crippen LogP contribution in [0.3, 0.4) is 0 Å². The zero-order valence-corrected chi connectivity index (χ0v) is 19.0. The lowest BCUT2D eigenvalue weighted by Gasteiger charge is -2.22. The van der Waals surface area contributed by atoms with Crippen molar-refractivity contribution in [3.8, 4) is 6.07 Å². The first-order chi connectivity index (χ1) is 15.6. The van der Waals surface area contributed by atoms with Crippen LogP contribution in [0.15, 0.2) is 72.1 Å². The summed E-state index contributed by atoms with van der Waals surface area (Å²) in [7, 11) is 0. The molecule has 2 amide bonds. The third-order valence-corrected chi connectivity index (χ3v) is 6.17. The lowest BCUT2D eigenvalue weighted by atomic mass is 10.0. The van der Waals surface area contributed by atoms with Gasteiger partial charge in [0.05, 0.1) is 18.5 Å². The maximum atomic E-state index is 12.8. The van der Waals surface area contributed by atoms with Crippen LogP contribution in [0.5, 0.6) is 0 Å². The van der Waals surface area contributed by atoms with Crippen LogP contribution in [0.4, 0.5) is 5.69 Å². The van der Waals surface area contributed by atoms with E-state index in [0.717, 1.165) is 22.5 Å². The molecule has 0 aliphatic rings. The second kappa shape index (κ2) is 11.8. The molecular formula is C26H27N3O2S. The molecule has 6 heteroatoms. The molecule has 3 rings (SSSR count). The maximum absolute atomic E-state index is 12.8. The number of hydrogen-bond donors (Lipinski definition) is 1. The number of nitrogens with one attached hydrogen (secondary N) is 1. The molecule has 0 radical (unpaired) electrons. The summed E-state index contributed by atoms with van der Waals surface area (Å²) in [5.74, 6) is -0.341. The highest BCUT2D eigenvalue weighted by atomic mass is 32.1. The molecule has 1 unspecified atom stereocenters. The first-order valence-corrected chi connectivity index (χ1v) is 11.6. The second-order valence-corrected chi connectivity index (χ2v) is 8.38. The highest BCUT2D eigenvalue weighted by molar-refractivity contribution is 7.10. The van der Waals surface area contributed by atoms with Crippen molar-refractivity contribution < 1.29 is 9.59 Å². The lowest BCUT2D eigenvalue weighted by molar-refractivity contribution is -0.125. The number of hydrogen-bond acceptors (Lipinski definition) is 4. The number of anilines is 1. The number of rotatable bonds is 10. The third-order valence-electron chi connectivity index (χ3n) is 5.24. The van der Waals surface area contributed by atoms with Crippen LogP contribution in [0.2, 0.25) is 0 Å². The minimum absolute atomic E-state index is 0.0814. The van der Waals surface area contributed by atoms with Crippen LogP contribution in [0, 0.1) is 11.3 Å². The Bertz CT molecular complexity index is 1040. The molecule has 0 saturated heterocycles. The Labute approximate surface area is 193 Å². The Morgan fingerprint density at radius 2 is 1.78 bits per heavy atom. The van der Waals surface area contributed by atoms with Crippen molar-refractivity contribution in [3.05, 3.63) is 88.1 Å². The molecule has 32 heavy (non-hydrogen) atoms. The smallest absolute Gasteiger partial charge is 0.227 e. The number of carbonyl (C=O) groups is 2. The van der Waals surface area contributed by atoms with E-state index in [0.29, 0.717) is 6.54 Å². The number of amides is 2. The summed E-state index contributed by atoms with van der Waals surface area (Å²) in [6.45, 7) is 2.42. The summed E-state index contributed by atoms with van der Waals surface area (Å²) in [6, 6.07) is 23.3. The van der Waals surface area contributed by atoms with Crippen LogP contribution < -0.4 is 10.2 Å². The Kier molecular flexibility index (Phi) is 8.59. The summed E-state index contributed by atoms with van der Waals surface area (Å²) in [6.07, 6.45) is 1.37. The molecule has 0 aliphatic heterocycles. The van der Waals surface area contributed by atoms with E-state index >= 15 is 0 Å². The Balaban J connectivity index is 1.66. The molecule has 2 aromatic carbocycles. The quantitative estimate of drug-likeness (QED) is 0.464. The number of nitriles is 1. The molecule has 5 nitrogen and oxygen atoms in total. The van der Waals surface area contributed by atoms with Gasteiger partial charge in [0.25, 0.3) is 0 Å². The van der Waals surface area contributed by atoms with E-state index in [1.807, 2.05) is 60.0 Å². The maximum Gasteiger partial charge on any atom is 0.227 e. The average Bonchev–Trinajstić information content (AvgIpc) is 3.37. The number of para-hydroxylation sites is 1. The molecular weight excluding hydrogens is 418 g/mol. The van der Waals surface area contributed by atoms with E-state index in [-0.39, 0.29) is 37.1 Å². The largest absolute Gasteiger partial charge is 0.344 e. The summed E-state index contributed by atoms with van der Waals surface area (Å²) < 4.78 is 0. The molecule has 0 saturated carbocycles. The SMILES string of the molecule is CCc1ccc(C(NC(=O)CCC(=O)N(CCC#N)c2ccccc2)c2cccs2)cc1. The van der Waals surface area contributed by atoms with Gasteiger partial charge in [0.1, 0.15) is 0 Å². The van der Waals surface area contributed by atoms with Gasteiger partial charge in [-0.3, -0.25) is 9.59 Å². The average molecular weight is 446 g/mol. The Hall–Kier alpha value is -3.43. The van der Waals surface area contributed by atoms with Gasteiger partial charge in [-0.15, -0.1) is 11.3 Å². The normalized spacial score (nSPS) is 11.4. The van der Waals surface area contributed by atoms with Crippen molar-refractivity contribution in [2.75, 3.05) is 11.4 Å². The van der Waals surface area contributed by atoms with Gasteiger partial charge in [0, 0.05) is 30.0 Å². The number of thiophene rings is 1. The third kappa shape index (κ3) is 6.29. The van der Waals surface area contributed by atoms with Gasteiger partial charge in [-0.2, -0.15) is 5.26 Å². The van der Waals surface area contributed by atoms with Crippen LogP contribution in [-0.2, 0) is 16.0 Å². The standard InChI is InChI=1S/C26H27N3O2S/c1-2-20-11-13-21(14-12-20)26(23-10-6-19-32-23)28-24(30)15-16-25(31)29(18-7-17-27)22-8-4-3-5-9-22/h3-6,8-14,19,26H,2,7,15-16,18H2,1H3,(H,28,30). The van der Waals surface area contributed by atoms with E-state index in [1.165, 1.54) is 5.56 Å². The van der Waals surface area contributed by atoms with Crippen molar-refractivity contribution in [1.82, 2.24) is 5.32 Å². The van der Waals surface area contributed by atoms with Crippen molar-refractivity contribution in [2.45, 2.75) is 38.6 Å². The zero-order valence-electron chi connectivity index (χ0n) is 18.2. The topological polar surface area (TPSA) is 73.2 Å². The first-order valence-electron chi connectivity index (χ1n) is 10.8. The van der Waals surface area contributed by atoms with Crippen molar-refractivity contribution >= 4 is 28.8 Å². The lowest BCUT2D eigenvalue weighted by Crippen LogP contribution is -2.34. The highest BCUT2D eigenvalue weighted by Gasteiger charge is 2.20.